The van der Waals surface area contributed by atoms with Crippen LogP contribution < -0.4 is 26.3 Å². The Kier molecular flexibility index (Phi) is 6.41. The van der Waals surface area contributed by atoms with E-state index in [1.165, 1.54) is 6.08 Å². The van der Waals surface area contributed by atoms with Crippen LogP contribution in [-0.4, -0.2) is 14.2 Å². The van der Waals surface area contributed by atoms with E-state index >= 15 is 0 Å². The van der Waals surface area contributed by atoms with Crippen LogP contribution in [0.25, 0.3) is 0 Å². The van der Waals surface area contributed by atoms with Gasteiger partial charge < -0.3 is 26.3 Å². The van der Waals surface area contributed by atoms with Gasteiger partial charge in [0.1, 0.15) is 16.7 Å². The summed E-state index contributed by atoms with van der Waals surface area (Å²) in [5, 5.41) is 3.51. The molecule has 0 heterocycles. The molecule has 0 bridgehead atoms. The number of methoxy groups -OCH3 is 2. The number of thiol groups is 1. The normalized spacial score (nSPS) is 12.7. The molecule has 1 aromatic rings. The maximum absolute atomic E-state index is 5.64. The summed E-state index contributed by atoms with van der Waals surface area (Å²) in [7, 11) is 3.20. The SMILES string of the molecule is COc1ccc(CNC(/C=C(\N)Cl)=C(/N)S)c(OC)c1. The second-order valence-corrected chi connectivity index (χ2v) is 4.78. The first-order valence-electron chi connectivity index (χ1n) is 5.74. The highest BCUT2D eigenvalue weighted by Crippen LogP contribution is 2.24. The third-order valence-electron chi connectivity index (χ3n) is 2.52. The number of nitrogens with two attached hydrogens (primary N) is 2. The maximum atomic E-state index is 5.64. The Morgan fingerprint density at radius 3 is 2.55 bits per heavy atom. The summed E-state index contributed by atoms with van der Waals surface area (Å²) in [6, 6.07) is 5.54. The molecule has 1 aromatic carbocycles. The molecule has 0 aliphatic rings. The van der Waals surface area contributed by atoms with Gasteiger partial charge in [-0.05, 0) is 18.2 Å². The van der Waals surface area contributed by atoms with Crippen LogP contribution in [-0.2, 0) is 6.54 Å². The van der Waals surface area contributed by atoms with Crippen LogP contribution in [0.4, 0.5) is 0 Å². The van der Waals surface area contributed by atoms with Gasteiger partial charge in [-0.3, -0.25) is 0 Å². The lowest BCUT2D eigenvalue weighted by molar-refractivity contribution is 0.390. The topological polar surface area (TPSA) is 82.5 Å². The molecule has 110 valence electrons. The fourth-order valence-electron chi connectivity index (χ4n) is 1.54. The van der Waals surface area contributed by atoms with Gasteiger partial charge in [0.15, 0.2) is 0 Å². The molecule has 0 amide bonds. The number of halogens is 1. The molecule has 5 nitrogen and oxygen atoms in total. The van der Waals surface area contributed by atoms with Crippen LogP contribution in [0, 0.1) is 0 Å². The molecule has 0 saturated heterocycles. The van der Waals surface area contributed by atoms with Crippen molar-refractivity contribution >= 4 is 24.2 Å². The number of hydrogen-bond acceptors (Lipinski definition) is 6. The summed E-state index contributed by atoms with van der Waals surface area (Å²) in [6.45, 7) is 0.477. The van der Waals surface area contributed by atoms with E-state index in [1.807, 2.05) is 12.1 Å². The molecule has 0 radical (unpaired) electrons. The van der Waals surface area contributed by atoms with Crippen molar-refractivity contribution in [1.29, 1.82) is 0 Å². The molecule has 0 spiro atoms. The van der Waals surface area contributed by atoms with E-state index in [2.05, 4.69) is 17.9 Å². The minimum Gasteiger partial charge on any atom is -0.497 e. The van der Waals surface area contributed by atoms with Crippen LogP contribution >= 0.6 is 24.2 Å². The van der Waals surface area contributed by atoms with Crippen molar-refractivity contribution in [2.75, 3.05) is 14.2 Å². The van der Waals surface area contributed by atoms with Gasteiger partial charge in [-0.25, -0.2) is 0 Å². The molecule has 0 aromatic heterocycles. The molecular formula is C13H18ClN3O2S. The Bertz CT molecular complexity index is 524. The first-order valence-corrected chi connectivity index (χ1v) is 6.56. The van der Waals surface area contributed by atoms with Crippen molar-refractivity contribution < 1.29 is 9.47 Å². The largest absolute Gasteiger partial charge is 0.497 e. The Balaban J connectivity index is 2.89. The third kappa shape index (κ3) is 4.79. The average Bonchev–Trinajstić information content (AvgIpc) is 2.42. The summed E-state index contributed by atoms with van der Waals surface area (Å²) >= 11 is 9.71. The van der Waals surface area contributed by atoms with E-state index in [-0.39, 0.29) is 5.16 Å². The molecule has 0 fully saturated rings. The van der Waals surface area contributed by atoms with Gasteiger partial charge >= 0.3 is 0 Å². The van der Waals surface area contributed by atoms with Crippen LogP contribution in [0.1, 0.15) is 5.56 Å². The van der Waals surface area contributed by atoms with Crippen molar-refractivity contribution in [1.82, 2.24) is 5.32 Å². The van der Waals surface area contributed by atoms with E-state index in [0.717, 1.165) is 11.3 Å². The lowest BCUT2D eigenvalue weighted by Gasteiger charge is -2.13. The van der Waals surface area contributed by atoms with Crippen LogP contribution in [0.15, 0.2) is 40.2 Å². The lowest BCUT2D eigenvalue weighted by atomic mass is 10.2. The number of hydrogen-bond donors (Lipinski definition) is 4. The smallest absolute Gasteiger partial charge is 0.127 e. The number of rotatable bonds is 6. The van der Waals surface area contributed by atoms with Crippen molar-refractivity contribution in [2.24, 2.45) is 11.5 Å². The van der Waals surface area contributed by atoms with Gasteiger partial charge in [0.2, 0.25) is 0 Å². The van der Waals surface area contributed by atoms with Crippen LogP contribution in [0.5, 0.6) is 11.5 Å². The summed E-state index contributed by atoms with van der Waals surface area (Å²) < 4.78 is 10.5. The molecule has 20 heavy (non-hydrogen) atoms. The molecule has 0 aliphatic carbocycles. The first kappa shape index (κ1) is 16.4. The summed E-state index contributed by atoms with van der Waals surface area (Å²) in [6.07, 6.45) is 1.50. The molecule has 0 unspecified atom stereocenters. The predicted octanol–water partition coefficient (Wildman–Crippen LogP) is 1.89. The number of allylic oxidation sites excluding steroid dienone is 1. The van der Waals surface area contributed by atoms with E-state index in [4.69, 9.17) is 32.5 Å². The van der Waals surface area contributed by atoms with Crippen molar-refractivity contribution in [3.8, 4) is 11.5 Å². The van der Waals surface area contributed by atoms with Gasteiger partial charge in [0.25, 0.3) is 0 Å². The Morgan fingerprint density at radius 2 is 2.05 bits per heavy atom. The van der Waals surface area contributed by atoms with E-state index < -0.39 is 0 Å². The Morgan fingerprint density at radius 1 is 1.35 bits per heavy atom. The average molecular weight is 316 g/mol. The van der Waals surface area contributed by atoms with E-state index in [1.54, 1.807) is 20.3 Å². The monoisotopic (exact) mass is 315 g/mol. The molecule has 0 saturated carbocycles. The minimum absolute atomic E-state index is 0.117. The van der Waals surface area contributed by atoms with Crippen molar-refractivity contribution in [3.63, 3.8) is 0 Å². The molecule has 1 rings (SSSR count). The fourth-order valence-corrected chi connectivity index (χ4v) is 1.79. The maximum Gasteiger partial charge on any atom is 0.127 e. The second-order valence-electron chi connectivity index (χ2n) is 3.86. The minimum atomic E-state index is 0.117. The number of ether oxygens (including phenoxy) is 2. The molecule has 0 aliphatic heterocycles. The lowest BCUT2D eigenvalue weighted by Crippen LogP contribution is -2.16. The molecule has 7 heteroatoms. The first-order chi connectivity index (χ1) is 9.47. The zero-order chi connectivity index (χ0) is 15.1. The summed E-state index contributed by atoms with van der Waals surface area (Å²) in [4.78, 5) is 0. The summed E-state index contributed by atoms with van der Waals surface area (Å²) in [5.74, 6) is 1.43. The van der Waals surface area contributed by atoms with E-state index in [9.17, 15) is 0 Å². The highest BCUT2D eigenvalue weighted by atomic mass is 35.5. The fraction of sp³-hybridized carbons (Fsp3) is 0.231. The quantitative estimate of drug-likeness (QED) is 0.366. The van der Waals surface area contributed by atoms with E-state index in [0.29, 0.717) is 23.0 Å². The zero-order valence-corrected chi connectivity index (χ0v) is 13.0. The predicted molar refractivity (Wildman–Crippen MR) is 84.7 cm³/mol. The second kappa shape index (κ2) is 7.81. The molecule has 0 atom stereocenters. The molecular weight excluding hydrogens is 298 g/mol. The third-order valence-corrected chi connectivity index (χ3v) is 2.87. The number of benzene rings is 1. The van der Waals surface area contributed by atoms with Crippen molar-refractivity contribution in [3.05, 3.63) is 45.7 Å². The number of nitrogens with one attached hydrogen (secondary N) is 1. The van der Waals surface area contributed by atoms with Gasteiger partial charge in [-0.15, -0.1) is 12.6 Å². The zero-order valence-electron chi connectivity index (χ0n) is 11.3. The van der Waals surface area contributed by atoms with Crippen molar-refractivity contribution in [2.45, 2.75) is 6.54 Å². The van der Waals surface area contributed by atoms with Gasteiger partial charge in [-0.1, -0.05) is 11.6 Å². The highest BCUT2D eigenvalue weighted by molar-refractivity contribution is 7.84. The summed E-state index contributed by atoms with van der Waals surface area (Å²) in [5.41, 5.74) is 12.5. The Labute approximate surface area is 129 Å². The Hall–Kier alpha value is -1.66. The van der Waals surface area contributed by atoms with Gasteiger partial charge in [-0.2, -0.15) is 0 Å². The van der Waals surface area contributed by atoms with Crippen LogP contribution in [0.3, 0.4) is 0 Å². The molecule has 5 N–H and O–H groups in total. The van der Waals surface area contributed by atoms with Crippen LogP contribution in [0.2, 0.25) is 0 Å². The highest BCUT2D eigenvalue weighted by Gasteiger charge is 2.06. The van der Waals surface area contributed by atoms with Gasteiger partial charge in [0.05, 0.1) is 24.9 Å². The standard InChI is InChI=1S/C13H18ClN3O2S/c1-18-9-4-3-8(11(5-9)19-2)7-17-10(13(16)20)6-12(14)15/h3-6,17,20H,7,15-16H2,1-2H3/b12-6-,13-10-. The van der Waals surface area contributed by atoms with Gasteiger partial charge in [0, 0.05) is 18.2 Å².